The van der Waals surface area contributed by atoms with Crippen molar-refractivity contribution in [2.24, 2.45) is 0 Å². The minimum Gasteiger partial charge on any atom is -1.00 e. The molecule has 0 aromatic carbocycles. The van der Waals surface area contributed by atoms with E-state index in [2.05, 4.69) is 0 Å². The van der Waals surface area contributed by atoms with Crippen molar-refractivity contribution in [3.05, 3.63) is 0 Å². The van der Waals surface area contributed by atoms with Crippen LogP contribution < -0.4 is 94.0 Å². The van der Waals surface area contributed by atoms with Crippen LogP contribution in [0.4, 0.5) is 0 Å². The van der Waals surface area contributed by atoms with Gasteiger partial charge in [-0.25, -0.2) is 9.59 Å². The molecular weight excluding hydrogens is 251 g/mol. The second kappa shape index (κ2) is 12.8. The van der Waals surface area contributed by atoms with E-state index in [9.17, 15) is 14.4 Å². The van der Waals surface area contributed by atoms with Gasteiger partial charge in [0.2, 0.25) is 6.04 Å². The van der Waals surface area contributed by atoms with E-state index in [-0.39, 0.29) is 93.0 Å². The number of nitrogens with one attached hydrogen (secondary N) is 1. The molecule has 80 valence electrons. The zero-order valence-electron chi connectivity index (χ0n) is 12.7. The Bertz CT molecular complexity index is 246. The Balaban J connectivity index is -0.0000000480. The molecule has 0 radical (unpaired) electrons. The molecule has 0 aromatic rings. The molecule has 0 unspecified atom stereocenters. The first-order chi connectivity index (χ1) is 5.86. The van der Waals surface area contributed by atoms with E-state index in [1.807, 2.05) is 5.32 Å². The number of carboxylic acid groups (broad SMARTS) is 3. The van der Waals surface area contributed by atoms with E-state index in [0.29, 0.717) is 0 Å². The molecule has 0 aromatic heterocycles. The van der Waals surface area contributed by atoms with Crippen LogP contribution in [0.15, 0.2) is 0 Å². The van der Waals surface area contributed by atoms with E-state index in [1.165, 1.54) is 0 Å². The van der Waals surface area contributed by atoms with Crippen LogP contribution in [0, 0.1) is 0 Å². The Morgan fingerprint density at radius 2 is 1.25 bits per heavy atom. The van der Waals surface area contributed by atoms with Gasteiger partial charge in [0, 0.05) is 0 Å². The summed E-state index contributed by atoms with van der Waals surface area (Å²) in [7, 11) is 0. The Kier molecular flexibility index (Phi) is 20.9. The molecule has 4 N–H and O–H groups in total. The quantitative estimate of drug-likeness (QED) is 0.287. The third-order valence-electron chi connectivity index (χ3n) is 1.28. The SMILES string of the molecule is C[C@H](NC(C(=O)O)C(=O)O)C(=O)O.[H-].[H-].[H-].[Na+].[Na+].[Na+]. The van der Waals surface area contributed by atoms with Crippen LogP contribution >= 0.6 is 0 Å². The van der Waals surface area contributed by atoms with Crippen LogP contribution in [-0.2, 0) is 14.4 Å². The molecule has 0 amide bonds. The predicted molar refractivity (Wildman–Crippen MR) is 42.6 cm³/mol. The molecule has 0 rings (SSSR count). The predicted octanol–water partition coefficient (Wildman–Crippen LogP) is -10.1. The molecule has 0 aliphatic heterocycles. The number of carboxylic acids is 3. The molecule has 0 heterocycles. The van der Waals surface area contributed by atoms with Gasteiger partial charge in [-0.05, 0) is 6.92 Å². The second-order valence-electron chi connectivity index (χ2n) is 2.34. The van der Waals surface area contributed by atoms with E-state index in [0.717, 1.165) is 6.92 Å². The van der Waals surface area contributed by atoms with Crippen molar-refractivity contribution in [3.8, 4) is 0 Å². The summed E-state index contributed by atoms with van der Waals surface area (Å²) in [5.74, 6) is -4.56. The summed E-state index contributed by atoms with van der Waals surface area (Å²) in [5.41, 5.74) is 0. The van der Waals surface area contributed by atoms with Crippen LogP contribution in [0.2, 0.25) is 0 Å². The molecule has 10 heteroatoms. The molecule has 0 fully saturated rings. The molecule has 0 bridgehead atoms. The zero-order valence-corrected chi connectivity index (χ0v) is 15.7. The first-order valence-electron chi connectivity index (χ1n) is 3.30. The van der Waals surface area contributed by atoms with Gasteiger partial charge < -0.3 is 19.6 Å². The fraction of sp³-hybridized carbons (Fsp3) is 0.500. The topological polar surface area (TPSA) is 124 Å². The van der Waals surface area contributed by atoms with E-state index >= 15 is 0 Å². The zero-order chi connectivity index (χ0) is 10.6. The monoisotopic (exact) mass is 263 g/mol. The molecule has 0 saturated carbocycles. The third kappa shape index (κ3) is 10.5. The van der Waals surface area contributed by atoms with Crippen LogP contribution in [-0.4, -0.2) is 45.3 Å². The number of rotatable bonds is 5. The molecule has 0 spiro atoms. The maximum atomic E-state index is 10.3. The van der Waals surface area contributed by atoms with Crippen LogP contribution in [0.1, 0.15) is 11.2 Å². The third-order valence-corrected chi connectivity index (χ3v) is 1.28. The standard InChI is InChI=1S/C6H9NO6.3Na.3H/c1-2(4(8)9)7-3(5(10)11)6(12)13;;;;;;/h2-3,7H,1H3,(H,8,9)(H,10,11)(H,12,13);;;;;;/q;3*+1;3*-1/t2-;;;;;;/m0....../s1. The average Bonchev–Trinajstić information content (AvgIpc) is 1.97. The van der Waals surface area contributed by atoms with Crippen molar-refractivity contribution in [1.82, 2.24) is 5.32 Å². The molecular formula is C6H12NNa3O6. The Labute approximate surface area is 163 Å². The molecule has 0 saturated heterocycles. The number of hydrogen-bond donors (Lipinski definition) is 4. The number of carbonyl (C=O) groups is 3. The minimum absolute atomic E-state index is 0. The average molecular weight is 263 g/mol. The van der Waals surface area contributed by atoms with Crippen molar-refractivity contribution < 1.29 is 123 Å². The first-order valence-corrected chi connectivity index (χ1v) is 3.30. The molecule has 0 aliphatic rings. The summed E-state index contributed by atoms with van der Waals surface area (Å²) in [6.07, 6.45) is 0. The summed E-state index contributed by atoms with van der Waals surface area (Å²) in [6.45, 7) is 1.15. The van der Waals surface area contributed by atoms with Crippen molar-refractivity contribution in [2.45, 2.75) is 19.0 Å². The van der Waals surface area contributed by atoms with Crippen molar-refractivity contribution in [2.75, 3.05) is 0 Å². The summed E-state index contributed by atoms with van der Waals surface area (Å²) in [6, 6.07) is -3.12. The summed E-state index contributed by atoms with van der Waals surface area (Å²) < 4.78 is 0. The van der Waals surface area contributed by atoms with Gasteiger partial charge in [-0.2, -0.15) is 0 Å². The van der Waals surface area contributed by atoms with Crippen molar-refractivity contribution in [1.29, 1.82) is 0 Å². The van der Waals surface area contributed by atoms with Crippen molar-refractivity contribution in [3.63, 3.8) is 0 Å². The van der Waals surface area contributed by atoms with Gasteiger partial charge in [0.1, 0.15) is 6.04 Å². The number of hydrogen-bond acceptors (Lipinski definition) is 4. The van der Waals surface area contributed by atoms with Crippen LogP contribution in [0.5, 0.6) is 0 Å². The molecule has 16 heavy (non-hydrogen) atoms. The summed E-state index contributed by atoms with van der Waals surface area (Å²) in [4.78, 5) is 30.8. The van der Waals surface area contributed by atoms with Crippen molar-refractivity contribution >= 4 is 17.9 Å². The van der Waals surface area contributed by atoms with Gasteiger partial charge in [-0.3, -0.25) is 10.1 Å². The molecule has 7 nitrogen and oxygen atoms in total. The first kappa shape index (κ1) is 26.0. The summed E-state index contributed by atoms with van der Waals surface area (Å²) >= 11 is 0. The van der Waals surface area contributed by atoms with Crippen LogP contribution in [0.3, 0.4) is 0 Å². The van der Waals surface area contributed by atoms with E-state index in [1.54, 1.807) is 0 Å². The fourth-order valence-corrected chi connectivity index (χ4v) is 0.569. The second-order valence-corrected chi connectivity index (χ2v) is 2.34. The number of aliphatic carboxylic acids is 3. The van der Waals surface area contributed by atoms with Gasteiger partial charge >= 0.3 is 107 Å². The Morgan fingerprint density at radius 3 is 1.44 bits per heavy atom. The maximum absolute atomic E-state index is 10.3. The molecule has 0 aliphatic carbocycles. The summed E-state index contributed by atoms with van der Waals surface area (Å²) in [5, 5.41) is 26.9. The largest absolute Gasteiger partial charge is 1.00 e. The van der Waals surface area contributed by atoms with Crippen LogP contribution in [0.25, 0.3) is 0 Å². The Hall–Kier alpha value is 1.37. The van der Waals surface area contributed by atoms with Gasteiger partial charge in [-0.15, -0.1) is 0 Å². The smallest absolute Gasteiger partial charge is 1.00 e. The van der Waals surface area contributed by atoms with Gasteiger partial charge in [0.15, 0.2) is 0 Å². The van der Waals surface area contributed by atoms with Gasteiger partial charge in [0.25, 0.3) is 0 Å². The Morgan fingerprint density at radius 1 is 0.938 bits per heavy atom. The minimum atomic E-state index is -1.90. The molecule has 1 atom stereocenters. The normalized spacial score (nSPS) is 10.1. The van der Waals surface area contributed by atoms with E-state index < -0.39 is 30.0 Å². The fourth-order valence-electron chi connectivity index (χ4n) is 0.569. The van der Waals surface area contributed by atoms with Gasteiger partial charge in [-0.1, -0.05) is 0 Å². The van der Waals surface area contributed by atoms with Gasteiger partial charge in [0.05, 0.1) is 0 Å². The maximum Gasteiger partial charge on any atom is 1.00 e. The van der Waals surface area contributed by atoms with E-state index in [4.69, 9.17) is 15.3 Å².